The minimum absolute atomic E-state index is 0.0911. The number of fused-ring (bicyclic) bond motifs is 2. The number of carbonyl (C=O) groups is 1. The zero-order valence-corrected chi connectivity index (χ0v) is 19.0. The monoisotopic (exact) mass is 452 g/mol. The molecule has 2 fully saturated rings. The first-order valence-electron chi connectivity index (χ1n) is 10.7. The topological polar surface area (TPSA) is 104 Å². The number of aromatic nitrogens is 3. The Morgan fingerprint density at radius 2 is 2.00 bits per heavy atom. The first-order valence-corrected chi connectivity index (χ1v) is 12.4. The summed E-state index contributed by atoms with van der Waals surface area (Å²) >= 11 is 0. The molecule has 168 valence electrons. The van der Waals surface area contributed by atoms with E-state index in [9.17, 15) is 9.00 Å². The van der Waals surface area contributed by atoms with E-state index in [4.69, 9.17) is 5.41 Å². The average molecular weight is 453 g/mol. The summed E-state index contributed by atoms with van der Waals surface area (Å²) in [4.78, 5) is 19.5. The highest BCUT2D eigenvalue weighted by Gasteiger charge is 2.35. The van der Waals surface area contributed by atoms with Gasteiger partial charge < -0.3 is 10.2 Å². The average Bonchev–Trinajstić information content (AvgIpc) is 3.37. The summed E-state index contributed by atoms with van der Waals surface area (Å²) in [5, 5.41) is 16.1. The number of piperidine rings is 1. The van der Waals surface area contributed by atoms with Crippen molar-refractivity contribution < 1.29 is 9.00 Å². The number of nitrogens with one attached hydrogen (secondary N) is 2. The number of hydrogen-bond donors (Lipinski definition) is 2. The number of anilines is 1. The molecule has 2 aromatic heterocycles. The summed E-state index contributed by atoms with van der Waals surface area (Å²) in [5.74, 6) is 1.28. The number of rotatable bonds is 8. The van der Waals surface area contributed by atoms with Crippen molar-refractivity contribution in [1.29, 1.82) is 5.41 Å². The van der Waals surface area contributed by atoms with E-state index in [-0.39, 0.29) is 17.5 Å². The van der Waals surface area contributed by atoms with Crippen molar-refractivity contribution >= 4 is 40.4 Å². The van der Waals surface area contributed by atoms with Gasteiger partial charge in [-0.3, -0.25) is 19.4 Å². The summed E-state index contributed by atoms with van der Waals surface area (Å²) < 4.78 is 13.3. The van der Waals surface area contributed by atoms with E-state index in [1.165, 1.54) is 25.5 Å². The van der Waals surface area contributed by atoms with Crippen LogP contribution in [0, 0.1) is 17.2 Å². The molecule has 2 aromatic rings. The lowest BCUT2D eigenvalue weighted by Gasteiger charge is -2.31. The zero-order valence-electron chi connectivity index (χ0n) is 18.2. The Balaban J connectivity index is 1.66. The summed E-state index contributed by atoms with van der Waals surface area (Å²) in [7, 11) is -1.10. The molecule has 0 radical (unpaired) electrons. The summed E-state index contributed by atoms with van der Waals surface area (Å²) in [6, 6.07) is 1.67. The molecular weight excluding hydrogens is 424 g/mol. The lowest BCUT2D eigenvalue weighted by molar-refractivity contribution is 0.0656. The molecule has 1 amide bonds. The fraction of sp³-hybridized carbons (Fsp3) is 0.391. The minimum Gasteiger partial charge on any atom is -0.373 e. The van der Waals surface area contributed by atoms with Gasteiger partial charge in [0.15, 0.2) is 0 Å². The number of pyridine rings is 1. The van der Waals surface area contributed by atoms with Gasteiger partial charge in [-0.25, -0.2) is 4.68 Å². The van der Waals surface area contributed by atoms with Gasteiger partial charge in [-0.1, -0.05) is 13.2 Å². The standard InChI is InChI=1S/C23H28N6O2S/c1-4-21-18(11-27-29(21)5-2)22(24)17-10-25-20(9-19(17)26-14-32(3)31)23(30)28-12-15-6-7-16(8-15)13-28/h4-5,9-11,15-16,24H,1-2,6-8,12-14H2,3H3,(H,25,26). The molecule has 4 rings (SSSR count). The van der Waals surface area contributed by atoms with Gasteiger partial charge in [-0.05, 0) is 43.2 Å². The lowest BCUT2D eigenvalue weighted by atomic mass is 9.98. The Hall–Kier alpha value is -3.07. The van der Waals surface area contributed by atoms with Crippen LogP contribution >= 0.6 is 0 Å². The zero-order chi connectivity index (χ0) is 22.8. The van der Waals surface area contributed by atoms with Crippen molar-refractivity contribution in [1.82, 2.24) is 19.7 Å². The molecule has 0 spiro atoms. The summed E-state index contributed by atoms with van der Waals surface area (Å²) in [6.07, 6.45) is 11.5. The van der Waals surface area contributed by atoms with Gasteiger partial charge in [-0.2, -0.15) is 5.10 Å². The van der Waals surface area contributed by atoms with E-state index < -0.39 is 10.8 Å². The van der Waals surface area contributed by atoms with Crippen molar-refractivity contribution in [3.8, 4) is 0 Å². The van der Waals surface area contributed by atoms with E-state index in [1.807, 2.05) is 4.90 Å². The van der Waals surface area contributed by atoms with E-state index in [2.05, 4.69) is 28.6 Å². The van der Waals surface area contributed by atoms with Gasteiger partial charge >= 0.3 is 0 Å². The summed E-state index contributed by atoms with van der Waals surface area (Å²) in [5.41, 5.74) is 2.76. The second kappa shape index (κ2) is 9.20. The predicted octanol–water partition coefficient (Wildman–Crippen LogP) is 3.06. The first-order chi connectivity index (χ1) is 15.4. The smallest absolute Gasteiger partial charge is 0.272 e. The van der Waals surface area contributed by atoms with Crippen LogP contribution in [-0.4, -0.2) is 60.7 Å². The highest BCUT2D eigenvalue weighted by Crippen LogP contribution is 2.36. The van der Waals surface area contributed by atoms with Gasteiger partial charge in [0.1, 0.15) is 5.69 Å². The van der Waals surface area contributed by atoms with Crippen LogP contribution in [0.2, 0.25) is 0 Å². The van der Waals surface area contributed by atoms with Crippen LogP contribution in [0.1, 0.15) is 46.6 Å². The molecule has 3 unspecified atom stereocenters. The van der Waals surface area contributed by atoms with Crippen molar-refractivity contribution in [3.63, 3.8) is 0 Å². The molecule has 32 heavy (non-hydrogen) atoms. The van der Waals surface area contributed by atoms with Crippen LogP contribution < -0.4 is 5.32 Å². The van der Waals surface area contributed by atoms with E-state index >= 15 is 0 Å². The van der Waals surface area contributed by atoms with Crippen LogP contribution in [0.5, 0.6) is 0 Å². The van der Waals surface area contributed by atoms with Gasteiger partial charge in [0.05, 0.1) is 23.5 Å². The fourth-order valence-electron chi connectivity index (χ4n) is 4.69. The number of hydrogen-bond acceptors (Lipinski definition) is 6. The molecule has 1 aliphatic heterocycles. The second-order valence-electron chi connectivity index (χ2n) is 8.41. The Bertz CT molecular complexity index is 1100. The Morgan fingerprint density at radius 3 is 2.62 bits per heavy atom. The number of likely N-dealkylation sites (tertiary alicyclic amines) is 1. The maximum absolute atomic E-state index is 13.2. The highest BCUT2D eigenvalue weighted by molar-refractivity contribution is 7.84. The van der Waals surface area contributed by atoms with E-state index in [0.717, 1.165) is 13.1 Å². The molecule has 8 nitrogen and oxygen atoms in total. The first kappa shape index (κ1) is 22.1. The minimum atomic E-state index is -1.10. The van der Waals surface area contributed by atoms with Crippen molar-refractivity contribution in [2.75, 3.05) is 30.5 Å². The van der Waals surface area contributed by atoms with Crippen LogP contribution in [0.3, 0.4) is 0 Å². The third kappa shape index (κ3) is 4.29. The van der Waals surface area contributed by atoms with Crippen molar-refractivity contribution in [2.45, 2.75) is 19.3 Å². The predicted molar refractivity (Wildman–Crippen MR) is 128 cm³/mol. The fourth-order valence-corrected chi connectivity index (χ4v) is 5.05. The SMILES string of the molecule is C=Cc1c(C(=N)c2cnc(C(=O)N3CC4CCC(C4)C3)cc2NCS(C)=O)cnn1C=C. The number of nitrogens with zero attached hydrogens (tertiary/aromatic N) is 4. The number of amides is 1. The van der Waals surface area contributed by atoms with Crippen LogP contribution in [-0.2, 0) is 10.8 Å². The Morgan fingerprint density at radius 1 is 1.28 bits per heavy atom. The molecule has 3 atom stereocenters. The largest absolute Gasteiger partial charge is 0.373 e. The van der Waals surface area contributed by atoms with Crippen LogP contribution in [0.15, 0.2) is 31.6 Å². The molecule has 2 aliphatic rings. The Kier molecular flexibility index (Phi) is 6.36. The molecule has 2 N–H and O–H groups in total. The molecule has 9 heteroatoms. The summed E-state index contributed by atoms with van der Waals surface area (Å²) in [6.45, 7) is 9.09. The third-order valence-electron chi connectivity index (χ3n) is 6.22. The Labute approximate surface area is 190 Å². The normalized spacial score (nSPS) is 20.6. The van der Waals surface area contributed by atoms with Gasteiger partial charge in [0.2, 0.25) is 0 Å². The number of carbonyl (C=O) groups excluding carboxylic acids is 1. The molecule has 2 bridgehead atoms. The van der Waals surface area contributed by atoms with Gasteiger partial charge in [0, 0.05) is 59.4 Å². The second-order valence-corrected chi connectivity index (χ2v) is 9.85. The molecule has 1 saturated carbocycles. The van der Waals surface area contributed by atoms with E-state index in [0.29, 0.717) is 40.0 Å². The van der Waals surface area contributed by atoms with Crippen LogP contribution in [0.25, 0.3) is 12.3 Å². The molecular formula is C23H28N6O2S. The van der Waals surface area contributed by atoms with Crippen LogP contribution in [0.4, 0.5) is 5.69 Å². The van der Waals surface area contributed by atoms with Gasteiger partial charge in [-0.15, -0.1) is 0 Å². The van der Waals surface area contributed by atoms with Crippen molar-refractivity contribution in [2.24, 2.45) is 11.8 Å². The third-order valence-corrected chi connectivity index (χ3v) is 6.77. The van der Waals surface area contributed by atoms with Gasteiger partial charge in [0.25, 0.3) is 5.91 Å². The quantitative estimate of drug-likeness (QED) is 0.599. The lowest BCUT2D eigenvalue weighted by Crippen LogP contribution is -2.41. The molecule has 0 aromatic carbocycles. The molecule has 1 saturated heterocycles. The van der Waals surface area contributed by atoms with Crippen molar-refractivity contribution in [3.05, 3.63) is 54.1 Å². The molecule has 1 aliphatic carbocycles. The maximum atomic E-state index is 13.2. The van der Waals surface area contributed by atoms with E-state index in [1.54, 1.807) is 35.5 Å². The maximum Gasteiger partial charge on any atom is 0.272 e. The highest BCUT2D eigenvalue weighted by atomic mass is 32.2. The molecule has 3 heterocycles.